The van der Waals surface area contributed by atoms with Gasteiger partial charge >= 0.3 is 80.3 Å². The Labute approximate surface area is 117 Å². The summed E-state index contributed by atoms with van der Waals surface area (Å²) in [4.78, 5) is 0. The first kappa shape index (κ1) is 15.5. The molecule has 0 atom stereocenters. The number of hydrogen-bond acceptors (Lipinski definition) is 0. The minimum atomic E-state index is -0.463. The van der Waals surface area contributed by atoms with Crippen LogP contribution in [0.5, 0.6) is 0 Å². The molecule has 81 valence electrons. The summed E-state index contributed by atoms with van der Waals surface area (Å²) in [5.41, 5.74) is 4.56. The topological polar surface area (TPSA) is 0 Å². The molecule has 2 rings (SSSR count). The van der Waals surface area contributed by atoms with Crippen LogP contribution in [0.1, 0.15) is 31.7 Å². The van der Waals surface area contributed by atoms with Crippen molar-refractivity contribution < 1.29 is 0 Å². The first-order chi connectivity index (χ1) is 8.67. The Morgan fingerprint density at radius 1 is 1.33 bits per heavy atom. The van der Waals surface area contributed by atoms with Crippen LogP contribution in [-0.2, 0) is 6.42 Å². The summed E-state index contributed by atoms with van der Waals surface area (Å²) < 4.78 is 0. The third kappa shape index (κ3) is 5.42. The molecule has 6 heteroatoms. The van der Waals surface area contributed by atoms with Gasteiger partial charge in [0.25, 0.3) is 0 Å². The third-order valence-corrected chi connectivity index (χ3v) is 2.91. The summed E-state index contributed by atoms with van der Waals surface area (Å²) in [6.45, 7) is 4.62. The van der Waals surface area contributed by atoms with Crippen LogP contribution in [0.25, 0.3) is 0 Å². The Morgan fingerprint density at radius 3 is 2.56 bits per heavy atom. The van der Waals surface area contributed by atoms with E-state index in [1.165, 1.54) is 43.8 Å². The third-order valence-electron chi connectivity index (χ3n) is 2.91. The summed E-state index contributed by atoms with van der Waals surface area (Å²) in [6.07, 6.45) is 4.64. The quantitative estimate of drug-likeness (QED) is 0.633. The minimum absolute atomic E-state index is 0.463. The second kappa shape index (κ2) is 8.56. The molecule has 0 spiro atoms. The van der Waals surface area contributed by atoms with Gasteiger partial charge in [-0.3, -0.25) is 0 Å². The van der Waals surface area contributed by atoms with Crippen molar-refractivity contribution in [2.75, 3.05) is 0 Å². The molecule has 0 aliphatic carbocycles. The zero-order valence-corrected chi connectivity index (χ0v) is 11.1. The molecular weight excluding hydrogens is 209 g/mol. The monoisotopic (exact) mass is 225 g/mol. The summed E-state index contributed by atoms with van der Waals surface area (Å²) >= 11 is 0. The molecule has 0 saturated heterocycles. The van der Waals surface area contributed by atoms with Crippen LogP contribution in [0, 0.1) is 0 Å². The second-order valence-corrected chi connectivity index (χ2v) is 4.55. The maximum absolute atomic E-state index is 4.89. The van der Waals surface area contributed by atoms with Gasteiger partial charge in [-0.15, -0.1) is 0 Å². The molecule has 7 radical (unpaired) electrons. The van der Waals surface area contributed by atoms with Crippen LogP contribution >= 0.6 is 0 Å². The molecular formula is C12H15B6. The van der Waals surface area contributed by atoms with Gasteiger partial charge in [-0.05, 0) is 0 Å². The average molecular weight is 224 g/mol. The van der Waals surface area contributed by atoms with Gasteiger partial charge < -0.3 is 0 Å². The fraction of sp³-hybridized carbons (Fsp3) is 0.417. The standard InChI is InChI=1S/C12H15B.B5/c1-2-3-7-11-9-10-6-4-5-8-12(10)13-11;1-4-5(2)3/h4-6,8H,2-3,7,9H2,1H3;. The van der Waals surface area contributed by atoms with Crippen molar-refractivity contribution in [2.24, 2.45) is 0 Å². The molecule has 1 aliphatic rings. The Bertz CT molecular complexity index is 388. The van der Waals surface area contributed by atoms with Crippen molar-refractivity contribution in [1.29, 1.82) is 0 Å². The first-order valence-corrected chi connectivity index (χ1v) is 6.51. The van der Waals surface area contributed by atoms with E-state index in [0.717, 1.165) is 0 Å². The molecule has 1 aromatic carbocycles. The van der Waals surface area contributed by atoms with Crippen LogP contribution < -0.4 is 5.46 Å². The van der Waals surface area contributed by atoms with Gasteiger partial charge in [0.1, 0.15) is 0 Å². The van der Waals surface area contributed by atoms with E-state index >= 15 is 0 Å². The van der Waals surface area contributed by atoms with E-state index in [1.54, 1.807) is 5.46 Å². The minimum Gasteiger partial charge on any atom is 0 e. The summed E-state index contributed by atoms with van der Waals surface area (Å²) in [5, 5.41) is 0. The van der Waals surface area contributed by atoms with Crippen LogP contribution in [0.4, 0.5) is 0 Å². The summed E-state index contributed by atoms with van der Waals surface area (Å²) in [7, 11) is 15.8. The second-order valence-electron chi connectivity index (χ2n) is 4.55. The molecule has 0 aromatic heterocycles. The molecule has 0 bridgehead atoms. The van der Waals surface area contributed by atoms with Crippen LogP contribution in [0.3, 0.4) is 0 Å². The van der Waals surface area contributed by atoms with Crippen molar-refractivity contribution in [1.82, 2.24) is 0 Å². The first-order valence-electron chi connectivity index (χ1n) is 6.51. The number of rotatable bonds is 4. The maximum Gasteiger partial charge on any atom is 0 e. The Morgan fingerprint density at radius 2 is 2.00 bits per heavy atom. The molecule has 0 saturated carbocycles. The average Bonchev–Trinajstić information content (AvgIpc) is 2.79. The van der Waals surface area contributed by atoms with Gasteiger partial charge in [0, 0.05) is 36.7 Å². The van der Waals surface area contributed by atoms with E-state index in [4.69, 9.17) is 23.2 Å². The molecule has 0 N–H and O–H groups in total. The van der Waals surface area contributed by atoms with Crippen molar-refractivity contribution in [3.63, 3.8) is 0 Å². The van der Waals surface area contributed by atoms with Crippen molar-refractivity contribution in [3.05, 3.63) is 29.8 Å². The van der Waals surface area contributed by atoms with Crippen molar-refractivity contribution in [3.8, 4) is 0 Å². The predicted octanol–water partition coefficient (Wildman–Crippen LogP) is 0.0308. The molecule has 1 heterocycles. The largest absolute Gasteiger partial charge is 0 e. The van der Waals surface area contributed by atoms with Crippen molar-refractivity contribution >= 4 is 54.5 Å². The molecule has 18 heavy (non-hydrogen) atoms. The zero-order chi connectivity index (χ0) is 13.4. The van der Waals surface area contributed by atoms with E-state index < -0.39 is 6.39 Å². The zero-order valence-electron chi connectivity index (χ0n) is 11.1. The summed E-state index contributed by atoms with van der Waals surface area (Å²) in [5.74, 6) is 0. The van der Waals surface area contributed by atoms with Gasteiger partial charge in [0.05, 0.1) is 0 Å². The number of fused-ring (bicyclic) bond motifs is 1. The smallest absolute Gasteiger partial charge is 0 e. The van der Waals surface area contributed by atoms with E-state index in [0.29, 0.717) is 0 Å². The number of hydrogen-bond donors (Lipinski definition) is 0. The molecule has 1 aromatic rings. The number of unbranched alkanes of at least 4 members (excludes halogenated alkanes) is 1. The van der Waals surface area contributed by atoms with Crippen LogP contribution in [-0.4, -0.2) is 49.0 Å². The van der Waals surface area contributed by atoms with Gasteiger partial charge in [-0.25, -0.2) is 0 Å². The Kier molecular flexibility index (Phi) is 7.39. The fourth-order valence-electron chi connectivity index (χ4n) is 1.92. The molecule has 1 aliphatic heterocycles. The van der Waals surface area contributed by atoms with Gasteiger partial charge in [0.2, 0.25) is 0 Å². The van der Waals surface area contributed by atoms with Crippen molar-refractivity contribution in [2.45, 2.75) is 32.6 Å². The fourth-order valence-corrected chi connectivity index (χ4v) is 1.92. The SMILES string of the molecule is CCCCC1=Bc2ccccc2C1.[B][B]B([B])[B]. The maximum atomic E-state index is 4.89. The molecule has 0 nitrogen and oxygen atoms in total. The molecule has 0 unspecified atom stereocenters. The summed E-state index contributed by atoms with van der Waals surface area (Å²) in [6, 6.07) is 8.71. The van der Waals surface area contributed by atoms with Gasteiger partial charge in [-0.2, -0.15) is 0 Å². The van der Waals surface area contributed by atoms with E-state index in [1.807, 2.05) is 0 Å². The Balaban J connectivity index is 0.000000280. The van der Waals surface area contributed by atoms with Gasteiger partial charge in [0.15, 0.2) is 0 Å². The van der Waals surface area contributed by atoms with E-state index in [9.17, 15) is 0 Å². The molecule has 0 amide bonds. The van der Waals surface area contributed by atoms with Gasteiger partial charge in [-0.1, -0.05) is 0 Å². The van der Waals surface area contributed by atoms with Crippen LogP contribution in [0.15, 0.2) is 24.3 Å². The van der Waals surface area contributed by atoms with Crippen LogP contribution in [0.2, 0.25) is 0 Å². The predicted molar refractivity (Wildman–Crippen MR) is 88.8 cm³/mol. The van der Waals surface area contributed by atoms with E-state index in [-0.39, 0.29) is 0 Å². The Hall–Kier alpha value is -0.520. The van der Waals surface area contributed by atoms with E-state index in [2.05, 4.69) is 38.1 Å². The number of benzene rings is 1. The molecule has 0 fully saturated rings. The normalized spacial score (nSPS) is 11.5.